The largest absolute Gasteiger partial charge is 0.396 e. The number of nitrogens with one attached hydrogen (secondary N) is 1. The van der Waals surface area contributed by atoms with Crippen LogP contribution in [0.2, 0.25) is 0 Å². The molecule has 0 saturated heterocycles. The van der Waals surface area contributed by atoms with E-state index in [1.165, 1.54) is 7.11 Å². The summed E-state index contributed by atoms with van der Waals surface area (Å²) in [5, 5.41) is 9.25. The molecule has 2 N–H and O–H groups in total. The molecule has 0 bridgehead atoms. The molecule has 4 nitrogen and oxygen atoms in total. The van der Waals surface area contributed by atoms with Gasteiger partial charge in [0.15, 0.2) is 0 Å². The Bertz CT molecular complexity index is 496. The van der Waals surface area contributed by atoms with Gasteiger partial charge in [-0.25, -0.2) is 5.48 Å². The summed E-state index contributed by atoms with van der Waals surface area (Å²) in [7, 11) is 1.40. The van der Waals surface area contributed by atoms with Crippen LogP contribution in [-0.2, 0) is 4.84 Å². The lowest BCUT2D eigenvalue weighted by Crippen LogP contribution is -2.23. The van der Waals surface area contributed by atoms with Gasteiger partial charge in [-0.2, -0.15) is 0 Å². The van der Waals surface area contributed by atoms with Crippen LogP contribution < -0.4 is 5.48 Å². The number of amides is 1. The van der Waals surface area contributed by atoms with Gasteiger partial charge in [-0.15, -0.1) is 0 Å². The summed E-state index contributed by atoms with van der Waals surface area (Å²) in [6.07, 6.45) is 2.62. The van der Waals surface area contributed by atoms with E-state index in [1.807, 2.05) is 26.0 Å². The Morgan fingerprint density at radius 2 is 2.20 bits per heavy atom. The van der Waals surface area contributed by atoms with Crippen molar-refractivity contribution >= 4 is 21.8 Å². The van der Waals surface area contributed by atoms with Crippen LogP contribution in [0.3, 0.4) is 0 Å². The highest BCUT2D eigenvalue weighted by Crippen LogP contribution is 2.28. The fourth-order valence-electron chi connectivity index (χ4n) is 2.06. The number of carbonyl (C=O) groups is 1. The van der Waals surface area contributed by atoms with Crippen LogP contribution in [-0.4, -0.2) is 24.7 Å². The molecule has 20 heavy (non-hydrogen) atoms. The zero-order valence-corrected chi connectivity index (χ0v) is 13.5. The molecule has 1 amide bonds. The Morgan fingerprint density at radius 3 is 2.75 bits per heavy atom. The molecule has 0 aliphatic carbocycles. The number of aliphatic hydroxyl groups is 1. The molecule has 1 rings (SSSR count). The third-order valence-corrected chi connectivity index (χ3v) is 3.32. The van der Waals surface area contributed by atoms with Crippen LogP contribution in [0.4, 0.5) is 0 Å². The number of benzene rings is 1. The normalized spacial score (nSPS) is 11.8. The minimum atomic E-state index is -0.292. The van der Waals surface area contributed by atoms with Crippen LogP contribution in [0.15, 0.2) is 34.3 Å². The molecule has 110 valence electrons. The van der Waals surface area contributed by atoms with Gasteiger partial charge in [-0.3, -0.25) is 9.63 Å². The van der Waals surface area contributed by atoms with Gasteiger partial charge < -0.3 is 5.11 Å². The standard InChI is InChI=1S/C15H20BrNO3/c1-10(2)8-11(6-7-18)14-9-12(16)4-5-13(14)15(19)17-20-3/h4-5,8-9,11,18H,6-7H2,1-3H3,(H,17,19)/t11-/m1/s1. The second-order valence-electron chi connectivity index (χ2n) is 4.73. The molecule has 0 saturated carbocycles. The summed E-state index contributed by atoms with van der Waals surface area (Å²) in [6, 6.07) is 5.47. The maximum absolute atomic E-state index is 12.0. The minimum absolute atomic E-state index is 0.0138. The number of allylic oxidation sites excluding steroid dienone is 2. The van der Waals surface area contributed by atoms with Crippen LogP contribution in [0.5, 0.6) is 0 Å². The van der Waals surface area contributed by atoms with Crippen molar-refractivity contribution in [3.05, 3.63) is 45.4 Å². The van der Waals surface area contributed by atoms with Gasteiger partial charge in [0.2, 0.25) is 0 Å². The molecule has 0 unspecified atom stereocenters. The lowest BCUT2D eigenvalue weighted by molar-refractivity contribution is 0.0536. The smallest absolute Gasteiger partial charge is 0.275 e. The van der Waals surface area contributed by atoms with Crippen molar-refractivity contribution in [1.29, 1.82) is 0 Å². The third-order valence-electron chi connectivity index (χ3n) is 2.83. The first-order valence-electron chi connectivity index (χ1n) is 6.38. The van der Waals surface area contributed by atoms with Crippen molar-refractivity contribution in [1.82, 2.24) is 5.48 Å². The SMILES string of the molecule is CONC(=O)c1ccc(Br)cc1[C@@H](C=C(C)C)CCO. The van der Waals surface area contributed by atoms with Gasteiger partial charge in [0, 0.05) is 22.6 Å². The predicted molar refractivity (Wildman–Crippen MR) is 82.5 cm³/mol. The first-order valence-corrected chi connectivity index (χ1v) is 7.17. The number of carbonyl (C=O) groups excluding carboxylic acids is 1. The average Bonchev–Trinajstić information content (AvgIpc) is 2.37. The molecular weight excluding hydrogens is 322 g/mol. The van der Waals surface area contributed by atoms with Crippen molar-refractivity contribution < 1.29 is 14.7 Å². The predicted octanol–water partition coefficient (Wildman–Crippen LogP) is 3.17. The van der Waals surface area contributed by atoms with E-state index in [-0.39, 0.29) is 18.4 Å². The molecule has 0 aromatic heterocycles. The number of rotatable bonds is 6. The maximum atomic E-state index is 12.0. The molecule has 5 heteroatoms. The fourth-order valence-corrected chi connectivity index (χ4v) is 2.44. The van der Waals surface area contributed by atoms with Crippen LogP contribution in [0.1, 0.15) is 42.1 Å². The number of halogens is 1. The maximum Gasteiger partial charge on any atom is 0.275 e. The molecule has 0 fully saturated rings. The van der Waals surface area contributed by atoms with Gasteiger partial charge in [0.25, 0.3) is 5.91 Å². The Hall–Kier alpha value is -1.17. The summed E-state index contributed by atoms with van der Waals surface area (Å²) in [6.45, 7) is 4.06. The lowest BCUT2D eigenvalue weighted by Gasteiger charge is -2.17. The van der Waals surface area contributed by atoms with Crippen LogP contribution in [0.25, 0.3) is 0 Å². The van der Waals surface area contributed by atoms with E-state index in [2.05, 4.69) is 32.3 Å². The number of hydrogen-bond donors (Lipinski definition) is 2. The zero-order chi connectivity index (χ0) is 15.1. The van der Waals surface area contributed by atoms with E-state index in [9.17, 15) is 9.90 Å². The molecule has 1 atom stereocenters. The first-order chi connectivity index (χ1) is 9.49. The highest BCUT2D eigenvalue weighted by molar-refractivity contribution is 9.10. The van der Waals surface area contributed by atoms with Crippen molar-refractivity contribution in [3.63, 3.8) is 0 Å². The van der Waals surface area contributed by atoms with Crippen LogP contribution >= 0.6 is 15.9 Å². The summed E-state index contributed by atoms with van der Waals surface area (Å²) >= 11 is 3.42. The summed E-state index contributed by atoms with van der Waals surface area (Å²) in [5.41, 5.74) is 4.89. The summed E-state index contributed by atoms with van der Waals surface area (Å²) in [5.74, 6) is -0.305. The molecule has 0 spiro atoms. The second-order valence-corrected chi connectivity index (χ2v) is 5.65. The van der Waals surface area contributed by atoms with E-state index in [1.54, 1.807) is 6.07 Å². The summed E-state index contributed by atoms with van der Waals surface area (Å²) in [4.78, 5) is 16.7. The molecule has 0 aliphatic heterocycles. The fraction of sp³-hybridized carbons (Fsp3) is 0.400. The Labute approximate surface area is 127 Å². The Balaban J connectivity index is 3.27. The monoisotopic (exact) mass is 341 g/mol. The van der Waals surface area contributed by atoms with E-state index in [0.29, 0.717) is 12.0 Å². The molecule has 1 aromatic carbocycles. The molecule has 1 aromatic rings. The molecule has 0 aliphatic rings. The first kappa shape index (κ1) is 16.9. The lowest BCUT2D eigenvalue weighted by atomic mass is 9.90. The van der Waals surface area contributed by atoms with E-state index >= 15 is 0 Å². The molecule has 0 heterocycles. The minimum Gasteiger partial charge on any atom is -0.396 e. The van der Waals surface area contributed by atoms with Gasteiger partial charge in [0.05, 0.1) is 7.11 Å². The van der Waals surface area contributed by atoms with E-state index in [4.69, 9.17) is 0 Å². The molecule has 0 radical (unpaired) electrons. The van der Waals surface area contributed by atoms with E-state index in [0.717, 1.165) is 15.6 Å². The topological polar surface area (TPSA) is 58.6 Å². The second kappa shape index (κ2) is 8.19. The Kier molecular flexibility index (Phi) is 6.91. The van der Waals surface area contributed by atoms with Crippen molar-refractivity contribution in [3.8, 4) is 0 Å². The zero-order valence-electron chi connectivity index (χ0n) is 11.9. The van der Waals surface area contributed by atoms with E-state index < -0.39 is 0 Å². The van der Waals surface area contributed by atoms with Gasteiger partial charge >= 0.3 is 0 Å². The van der Waals surface area contributed by atoms with Gasteiger partial charge in [-0.05, 0) is 44.0 Å². The van der Waals surface area contributed by atoms with Crippen molar-refractivity contribution in [2.24, 2.45) is 0 Å². The number of hydroxylamine groups is 1. The average molecular weight is 342 g/mol. The molecular formula is C15H20BrNO3. The van der Waals surface area contributed by atoms with Crippen molar-refractivity contribution in [2.45, 2.75) is 26.2 Å². The van der Waals surface area contributed by atoms with Gasteiger partial charge in [0.1, 0.15) is 0 Å². The Morgan fingerprint density at radius 1 is 1.50 bits per heavy atom. The van der Waals surface area contributed by atoms with Crippen LogP contribution in [0, 0.1) is 0 Å². The number of hydrogen-bond acceptors (Lipinski definition) is 3. The third kappa shape index (κ3) is 4.74. The summed E-state index contributed by atoms with van der Waals surface area (Å²) < 4.78 is 0.895. The van der Waals surface area contributed by atoms with Crippen molar-refractivity contribution in [2.75, 3.05) is 13.7 Å². The highest BCUT2D eigenvalue weighted by atomic mass is 79.9. The van der Waals surface area contributed by atoms with Gasteiger partial charge in [-0.1, -0.05) is 27.6 Å². The highest BCUT2D eigenvalue weighted by Gasteiger charge is 2.18. The number of aliphatic hydroxyl groups excluding tert-OH is 1. The quantitative estimate of drug-likeness (QED) is 0.617.